The third kappa shape index (κ3) is 1.81. The minimum Gasteiger partial charge on any atom is -0.369 e. The zero-order chi connectivity index (χ0) is 13.3. The molecule has 0 spiro atoms. The van der Waals surface area contributed by atoms with Crippen LogP contribution >= 0.6 is 0 Å². The zero-order valence-electron chi connectivity index (χ0n) is 10.6. The molecule has 0 aromatic carbocycles. The number of nitrogens with one attached hydrogen (secondary N) is 1. The summed E-state index contributed by atoms with van der Waals surface area (Å²) in [4.78, 5) is 30.1. The molecule has 3 N–H and O–H groups in total. The molecule has 0 fully saturated rings. The van der Waals surface area contributed by atoms with E-state index in [4.69, 9.17) is 5.73 Å². The van der Waals surface area contributed by atoms with E-state index in [1.807, 2.05) is 13.8 Å². The van der Waals surface area contributed by atoms with Crippen molar-refractivity contribution in [3.8, 4) is 0 Å². The number of hydrogen-bond donors (Lipinski definition) is 2. The van der Waals surface area contributed by atoms with E-state index in [1.165, 1.54) is 4.57 Å². The fourth-order valence-electron chi connectivity index (χ4n) is 2.03. The first-order valence-electron chi connectivity index (χ1n) is 6.09. The van der Waals surface area contributed by atoms with Crippen LogP contribution in [0.25, 0.3) is 11.2 Å². The largest absolute Gasteiger partial charge is 0.369 e. The first kappa shape index (κ1) is 12.4. The Bertz CT molecular complexity index is 679. The maximum Gasteiger partial charge on any atom is 0.330 e. The standard InChI is InChI=1S/C11H17N5O2/c1-3-5-6-16-8-7(9(17)14-11(16)18)15(4-2)10(12)13-8/h3-6H2,1-2H3,(H2,12,13)(H,14,17,18). The Morgan fingerprint density at radius 2 is 2.00 bits per heavy atom. The number of aromatic nitrogens is 4. The van der Waals surface area contributed by atoms with E-state index in [0.29, 0.717) is 24.3 Å². The van der Waals surface area contributed by atoms with E-state index in [-0.39, 0.29) is 5.95 Å². The predicted molar refractivity (Wildman–Crippen MR) is 69.6 cm³/mol. The van der Waals surface area contributed by atoms with Crippen molar-refractivity contribution in [2.75, 3.05) is 5.73 Å². The Morgan fingerprint density at radius 3 is 2.61 bits per heavy atom. The number of nitrogens with two attached hydrogens (primary N) is 1. The number of hydrogen-bond acceptors (Lipinski definition) is 4. The van der Waals surface area contributed by atoms with E-state index >= 15 is 0 Å². The van der Waals surface area contributed by atoms with Crippen molar-refractivity contribution in [2.45, 2.75) is 39.8 Å². The lowest BCUT2D eigenvalue weighted by atomic mass is 10.3. The highest BCUT2D eigenvalue weighted by Crippen LogP contribution is 2.12. The summed E-state index contributed by atoms with van der Waals surface area (Å²) in [6, 6.07) is 0. The first-order chi connectivity index (χ1) is 8.60. The number of aryl methyl sites for hydroxylation is 2. The molecule has 0 amide bonds. The molecule has 2 aromatic rings. The number of fused-ring (bicyclic) bond motifs is 1. The SMILES string of the molecule is CCCCn1c(=O)[nH]c(=O)c2c1nc(N)n2CC. The average Bonchev–Trinajstić information content (AvgIpc) is 2.66. The maximum atomic E-state index is 11.8. The monoisotopic (exact) mass is 251 g/mol. The van der Waals surface area contributed by atoms with Gasteiger partial charge < -0.3 is 10.3 Å². The van der Waals surface area contributed by atoms with Gasteiger partial charge in [0.05, 0.1) is 0 Å². The Kier molecular flexibility index (Phi) is 3.22. The van der Waals surface area contributed by atoms with Gasteiger partial charge in [-0.2, -0.15) is 4.98 Å². The number of imidazole rings is 1. The van der Waals surface area contributed by atoms with Crippen molar-refractivity contribution in [3.63, 3.8) is 0 Å². The highest BCUT2D eigenvalue weighted by molar-refractivity contribution is 5.73. The van der Waals surface area contributed by atoms with Crippen molar-refractivity contribution in [1.82, 2.24) is 19.1 Å². The number of H-pyrrole nitrogens is 1. The summed E-state index contributed by atoms with van der Waals surface area (Å²) in [6.45, 7) is 4.98. The lowest BCUT2D eigenvalue weighted by Crippen LogP contribution is -2.31. The van der Waals surface area contributed by atoms with E-state index < -0.39 is 11.2 Å². The molecule has 0 bridgehead atoms. The van der Waals surface area contributed by atoms with Gasteiger partial charge in [0.2, 0.25) is 5.95 Å². The van der Waals surface area contributed by atoms with Gasteiger partial charge in [-0.05, 0) is 13.3 Å². The molecule has 98 valence electrons. The predicted octanol–water partition coefficient (Wildman–Crippen LogP) is 0.289. The van der Waals surface area contributed by atoms with Crippen LogP contribution in [0.3, 0.4) is 0 Å². The molecule has 18 heavy (non-hydrogen) atoms. The average molecular weight is 251 g/mol. The number of nitrogens with zero attached hydrogens (tertiary/aromatic N) is 3. The molecule has 2 heterocycles. The summed E-state index contributed by atoms with van der Waals surface area (Å²) < 4.78 is 3.08. The second-order valence-corrected chi connectivity index (χ2v) is 4.15. The molecule has 7 heteroatoms. The van der Waals surface area contributed by atoms with Gasteiger partial charge in [0, 0.05) is 13.1 Å². The van der Waals surface area contributed by atoms with E-state index in [2.05, 4.69) is 9.97 Å². The highest BCUT2D eigenvalue weighted by atomic mass is 16.2. The normalized spacial score (nSPS) is 11.2. The van der Waals surface area contributed by atoms with Gasteiger partial charge >= 0.3 is 5.69 Å². The zero-order valence-corrected chi connectivity index (χ0v) is 10.6. The minimum absolute atomic E-state index is 0.258. The first-order valence-corrected chi connectivity index (χ1v) is 6.09. The molecule has 2 aromatic heterocycles. The quantitative estimate of drug-likeness (QED) is 0.815. The number of aromatic amines is 1. The van der Waals surface area contributed by atoms with Crippen LogP contribution in [0.15, 0.2) is 9.59 Å². The van der Waals surface area contributed by atoms with Gasteiger partial charge in [0.1, 0.15) is 0 Å². The number of rotatable bonds is 4. The topological polar surface area (TPSA) is 98.7 Å². The summed E-state index contributed by atoms with van der Waals surface area (Å²) in [5, 5.41) is 0. The molecule has 0 unspecified atom stereocenters. The van der Waals surface area contributed by atoms with Gasteiger partial charge in [0.25, 0.3) is 5.56 Å². The number of anilines is 1. The van der Waals surface area contributed by atoms with Crippen LogP contribution in [0.2, 0.25) is 0 Å². The third-order valence-electron chi connectivity index (χ3n) is 2.97. The molecule has 0 saturated carbocycles. The molecule has 0 radical (unpaired) electrons. The van der Waals surface area contributed by atoms with Crippen LogP contribution in [0.4, 0.5) is 5.95 Å². The molecule has 0 aliphatic carbocycles. The van der Waals surface area contributed by atoms with E-state index in [1.54, 1.807) is 4.57 Å². The summed E-state index contributed by atoms with van der Waals surface area (Å²) >= 11 is 0. The minimum atomic E-state index is -0.436. The molecule has 7 nitrogen and oxygen atoms in total. The van der Waals surface area contributed by atoms with Crippen LogP contribution in [0.5, 0.6) is 0 Å². The summed E-state index contributed by atoms with van der Waals surface area (Å²) in [5.41, 5.74) is 5.64. The van der Waals surface area contributed by atoms with Gasteiger partial charge in [0.15, 0.2) is 11.2 Å². The second kappa shape index (κ2) is 4.67. The second-order valence-electron chi connectivity index (χ2n) is 4.15. The molecular formula is C11H17N5O2. The van der Waals surface area contributed by atoms with Gasteiger partial charge in [-0.3, -0.25) is 14.3 Å². The Morgan fingerprint density at radius 1 is 1.28 bits per heavy atom. The lowest BCUT2D eigenvalue weighted by molar-refractivity contribution is 0.613. The Hall–Kier alpha value is -2.05. The van der Waals surface area contributed by atoms with Gasteiger partial charge in [-0.1, -0.05) is 13.3 Å². The molecule has 2 rings (SSSR count). The fraction of sp³-hybridized carbons (Fsp3) is 0.545. The Labute approximate surface area is 103 Å². The molecule has 0 aliphatic rings. The van der Waals surface area contributed by atoms with Gasteiger partial charge in [-0.25, -0.2) is 4.79 Å². The smallest absolute Gasteiger partial charge is 0.330 e. The summed E-state index contributed by atoms with van der Waals surface area (Å²) in [5.74, 6) is 0.258. The van der Waals surface area contributed by atoms with Crippen LogP contribution in [0.1, 0.15) is 26.7 Å². The highest BCUT2D eigenvalue weighted by Gasteiger charge is 2.15. The van der Waals surface area contributed by atoms with Crippen LogP contribution in [-0.2, 0) is 13.1 Å². The summed E-state index contributed by atoms with van der Waals surface area (Å²) in [7, 11) is 0. The molecule has 0 saturated heterocycles. The van der Waals surface area contributed by atoms with Crippen LogP contribution in [-0.4, -0.2) is 19.1 Å². The third-order valence-corrected chi connectivity index (χ3v) is 2.97. The lowest BCUT2D eigenvalue weighted by Gasteiger charge is -2.05. The van der Waals surface area contributed by atoms with Gasteiger partial charge in [-0.15, -0.1) is 0 Å². The van der Waals surface area contributed by atoms with Crippen molar-refractivity contribution >= 4 is 17.1 Å². The van der Waals surface area contributed by atoms with Crippen molar-refractivity contribution in [1.29, 1.82) is 0 Å². The van der Waals surface area contributed by atoms with Crippen molar-refractivity contribution < 1.29 is 0 Å². The maximum absolute atomic E-state index is 11.8. The van der Waals surface area contributed by atoms with Crippen molar-refractivity contribution in [2.24, 2.45) is 0 Å². The number of nitrogen functional groups attached to an aromatic ring is 1. The van der Waals surface area contributed by atoms with Crippen LogP contribution < -0.4 is 17.0 Å². The van der Waals surface area contributed by atoms with Crippen LogP contribution in [0, 0.1) is 0 Å². The molecule has 0 atom stereocenters. The van der Waals surface area contributed by atoms with Crippen molar-refractivity contribution in [3.05, 3.63) is 20.8 Å². The summed E-state index contributed by atoms with van der Waals surface area (Å²) in [6.07, 6.45) is 1.80. The van der Waals surface area contributed by atoms with E-state index in [0.717, 1.165) is 12.8 Å². The molecular weight excluding hydrogens is 234 g/mol. The molecule has 0 aliphatic heterocycles. The fourth-order valence-corrected chi connectivity index (χ4v) is 2.03. The van der Waals surface area contributed by atoms with E-state index in [9.17, 15) is 9.59 Å². The number of unbranched alkanes of at least 4 members (excludes halogenated alkanes) is 1. The Balaban J connectivity index is 2.79.